The first-order valence-electron chi connectivity index (χ1n) is 5.49. The number of aryl methyl sites for hydroxylation is 3. The van der Waals surface area contributed by atoms with E-state index in [1.165, 1.54) is 22.5 Å². The van der Waals surface area contributed by atoms with Crippen LogP contribution in [-0.4, -0.2) is 4.98 Å². The van der Waals surface area contributed by atoms with Gasteiger partial charge in [-0.25, -0.2) is 4.98 Å². The summed E-state index contributed by atoms with van der Waals surface area (Å²) in [5.41, 5.74) is 3.43. The Morgan fingerprint density at radius 3 is 2.47 bits per heavy atom. The molecule has 0 bridgehead atoms. The molecular formula is C13H14BrNOS. The highest BCUT2D eigenvalue weighted by Crippen LogP contribution is 2.30. The van der Waals surface area contributed by atoms with Crippen molar-refractivity contribution in [2.75, 3.05) is 0 Å². The van der Waals surface area contributed by atoms with Crippen LogP contribution in [0.25, 0.3) is 0 Å². The van der Waals surface area contributed by atoms with Crippen molar-refractivity contribution >= 4 is 27.3 Å². The fourth-order valence-corrected chi connectivity index (χ4v) is 2.56. The van der Waals surface area contributed by atoms with Crippen LogP contribution in [0.2, 0.25) is 0 Å². The molecule has 90 valence electrons. The predicted molar refractivity (Wildman–Crippen MR) is 75.2 cm³/mol. The van der Waals surface area contributed by atoms with Crippen LogP contribution in [-0.2, 0) is 6.42 Å². The lowest BCUT2D eigenvalue weighted by Crippen LogP contribution is -1.88. The minimum Gasteiger partial charge on any atom is -0.431 e. The number of thiazole rings is 1. The van der Waals surface area contributed by atoms with Gasteiger partial charge in [-0.15, -0.1) is 0 Å². The number of hydrogen-bond donors (Lipinski definition) is 0. The molecule has 1 aromatic carbocycles. The minimum absolute atomic E-state index is 0.711. The largest absolute Gasteiger partial charge is 0.431 e. The first kappa shape index (κ1) is 12.6. The molecule has 0 fully saturated rings. The monoisotopic (exact) mass is 311 g/mol. The van der Waals surface area contributed by atoms with Gasteiger partial charge >= 0.3 is 0 Å². The second kappa shape index (κ2) is 5.19. The highest BCUT2D eigenvalue weighted by Gasteiger charge is 2.06. The van der Waals surface area contributed by atoms with Crippen LogP contribution in [0.3, 0.4) is 0 Å². The fourth-order valence-electron chi connectivity index (χ4n) is 1.56. The molecule has 0 spiro atoms. The Morgan fingerprint density at radius 2 is 1.94 bits per heavy atom. The van der Waals surface area contributed by atoms with Crippen LogP contribution >= 0.6 is 27.3 Å². The Morgan fingerprint density at radius 1 is 1.29 bits per heavy atom. The topological polar surface area (TPSA) is 22.1 Å². The number of halogens is 1. The summed E-state index contributed by atoms with van der Waals surface area (Å²) >= 11 is 5.09. The van der Waals surface area contributed by atoms with E-state index in [0.29, 0.717) is 5.19 Å². The Kier molecular flexibility index (Phi) is 3.84. The van der Waals surface area contributed by atoms with Gasteiger partial charge in [0.15, 0.2) is 0 Å². The van der Waals surface area contributed by atoms with Crippen LogP contribution in [0.1, 0.15) is 23.7 Å². The summed E-state index contributed by atoms with van der Waals surface area (Å²) in [5, 5.41) is 2.75. The Balaban J connectivity index is 2.24. The van der Waals surface area contributed by atoms with E-state index in [-0.39, 0.29) is 0 Å². The van der Waals surface area contributed by atoms with Gasteiger partial charge in [0, 0.05) is 9.85 Å². The molecule has 0 radical (unpaired) electrons. The smallest absolute Gasteiger partial charge is 0.278 e. The van der Waals surface area contributed by atoms with Crippen LogP contribution in [0.4, 0.5) is 0 Å². The molecule has 2 nitrogen and oxygen atoms in total. The fraction of sp³-hybridized carbons (Fsp3) is 0.308. The number of nitrogens with zero attached hydrogens (tertiary/aromatic N) is 1. The summed E-state index contributed by atoms with van der Waals surface area (Å²) in [6, 6.07) is 4.04. The number of hydrogen-bond acceptors (Lipinski definition) is 3. The summed E-state index contributed by atoms with van der Waals surface area (Å²) in [6.07, 6.45) is 0.943. The van der Waals surface area contributed by atoms with Crippen LogP contribution < -0.4 is 4.74 Å². The van der Waals surface area contributed by atoms with Crippen molar-refractivity contribution < 1.29 is 4.74 Å². The van der Waals surface area contributed by atoms with E-state index in [1.807, 2.05) is 17.5 Å². The maximum absolute atomic E-state index is 5.76. The van der Waals surface area contributed by atoms with E-state index in [4.69, 9.17) is 4.74 Å². The molecular weight excluding hydrogens is 298 g/mol. The lowest BCUT2D eigenvalue weighted by atomic mass is 10.1. The number of rotatable bonds is 3. The lowest BCUT2D eigenvalue weighted by molar-refractivity contribution is 0.476. The zero-order valence-corrected chi connectivity index (χ0v) is 12.5. The van der Waals surface area contributed by atoms with Gasteiger partial charge in [0.1, 0.15) is 5.75 Å². The number of benzene rings is 1. The van der Waals surface area contributed by atoms with Gasteiger partial charge in [0.05, 0.1) is 5.69 Å². The van der Waals surface area contributed by atoms with Crippen LogP contribution in [0.15, 0.2) is 22.0 Å². The zero-order valence-electron chi connectivity index (χ0n) is 10.1. The van der Waals surface area contributed by atoms with Gasteiger partial charge in [-0.05, 0) is 43.5 Å². The Bertz CT molecular complexity index is 513. The van der Waals surface area contributed by atoms with E-state index < -0.39 is 0 Å². The van der Waals surface area contributed by atoms with Gasteiger partial charge in [0.2, 0.25) is 0 Å². The second-order valence-corrected chi connectivity index (χ2v) is 5.55. The highest BCUT2D eigenvalue weighted by atomic mass is 79.9. The molecule has 0 unspecified atom stereocenters. The van der Waals surface area contributed by atoms with Crippen molar-refractivity contribution in [3.63, 3.8) is 0 Å². The predicted octanol–water partition coefficient (Wildman–Crippen LogP) is 4.88. The van der Waals surface area contributed by atoms with Gasteiger partial charge in [-0.2, -0.15) is 0 Å². The van der Waals surface area contributed by atoms with Crippen LogP contribution in [0, 0.1) is 13.8 Å². The molecule has 2 aromatic rings. The van der Waals surface area contributed by atoms with Crippen molar-refractivity contribution in [1.29, 1.82) is 0 Å². The molecule has 0 atom stereocenters. The molecule has 0 aliphatic carbocycles. The summed E-state index contributed by atoms with van der Waals surface area (Å²) in [5.74, 6) is 0.847. The molecule has 1 heterocycles. The quantitative estimate of drug-likeness (QED) is 0.806. The van der Waals surface area contributed by atoms with Crippen molar-refractivity contribution in [2.45, 2.75) is 27.2 Å². The summed E-state index contributed by atoms with van der Waals surface area (Å²) in [6.45, 7) is 6.21. The number of aromatic nitrogens is 1. The maximum Gasteiger partial charge on any atom is 0.278 e. The molecule has 0 saturated carbocycles. The standard InChI is InChI=1S/C13H14BrNOS/c1-4-10-7-17-13(15-10)16-11-5-8(2)12(14)9(3)6-11/h5-7H,4H2,1-3H3. The second-order valence-electron chi connectivity index (χ2n) is 3.93. The molecule has 0 amide bonds. The maximum atomic E-state index is 5.76. The Hall–Kier alpha value is -0.870. The summed E-state index contributed by atoms with van der Waals surface area (Å²) in [7, 11) is 0. The zero-order chi connectivity index (χ0) is 12.4. The van der Waals surface area contributed by atoms with E-state index in [9.17, 15) is 0 Å². The normalized spacial score (nSPS) is 10.6. The van der Waals surface area contributed by atoms with Gasteiger partial charge in [-0.1, -0.05) is 34.2 Å². The minimum atomic E-state index is 0.711. The van der Waals surface area contributed by atoms with Crippen molar-refractivity contribution in [3.05, 3.63) is 38.8 Å². The van der Waals surface area contributed by atoms with Gasteiger partial charge in [-0.3, -0.25) is 0 Å². The molecule has 0 aliphatic rings. The first-order valence-corrected chi connectivity index (χ1v) is 7.16. The summed E-state index contributed by atoms with van der Waals surface area (Å²) in [4.78, 5) is 4.39. The van der Waals surface area contributed by atoms with Crippen molar-refractivity contribution in [2.24, 2.45) is 0 Å². The molecule has 0 N–H and O–H groups in total. The third-order valence-electron chi connectivity index (χ3n) is 2.51. The van der Waals surface area contributed by atoms with Crippen molar-refractivity contribution in [1.82, 2.24) is 4.98 Å². The molecule has 17 heavy (non-hydrogen) atoms. The SMILES string of the molecule is CCc1csc(Oc2cc(C)c(Br)c(C)c2)n1. The van der Waals surface area contributed by atoms with E-state index in [2.05, 4.69) is 41.7 Å². The van der Waals surface area contributed by atoms with Crippen LogP contribution in [0.5, 0.6) is 10.9 Å². The Labute approximate surface area is 114 Å². The lowest BCUT2D eigenvalue weighted by Gasteiger charge is -2.07. The summed E-state index contributed by atoms with van der Waals surface area (Å²) < 4.78 is 6.90. The molecule has 1 aromatic heterocycles. The third kappa shape index (κ3) is 2.87. The molecule has 2 rings (SSSR count). The van der Waals surface area contributed by atoms with E-state index >= 15 is 0 Å². The highest BCUT2D eigenvalue weighted by molar-refractivity contribution is 9.10. The van der Waals surface area contributed by atoms with E-state index in [1.54, 1.807) is 0 Å². The van der Waals surface area contributed by atoms with E-state index in [0.717, 1.165) is 22.3 Å². The number of ether oxygens (including phenoxy) is 1. The molecule has 4 heteroatoms. The molecule has 0 saturated heterocycles. The van der Waals surface area contributed by atoms with Gasteiger partial charge < -0.3 is 4.74 Å². The first-order chi connectivity index (χ1) is 8.10. The molecule has 0 aliphatic heterocycles. The average Bonchev–Trinajstić information content (AvgIpc) is 2.73. The van der Waals surface area contributed by atoms with Crippen molar-refractivity contribution in [3.8, 4) is 10.9 Å². The van der Waals surface area contributed by atoms with Gasteiger partial charge in [0.25, 0.3) is 5.19 Å². The third-order valence-corrected chi connectivity index (χ3v) is 4.53. The average molecular weight is 312 g/mol.